The van der Waals surface area contributed by atoms with Gasteiger partial charge < -0.3 is 19.3 Å². The van der Waals surface area contributed by atoms with Gasteiger partial charge in [0, 0.05) is 45.7 Å². The van der Waals surface area contributed by atoms with Gasteiger partial charge in [-0.1, -0.05) is 18.2 Å². The van der Waals surface area contributed by atoms with Crippen molar-refractivity contribution in [2.45, 2.75) is 44.0 Å². The molecule has 24 heavy (non-hydrogen) atoms. The summed E-state index contributed by atoms with van der Waals surface area (Å²) in [6.45, 7) is 8.27. The summed E-state index contributed by atoms with van der Waals surface area (Å²) in [7, 11) is 0. The molecule has 0 amide bonds. The van der Waals surface area contributed by atoms with Crippen LogP contribution in [-0.2, 0) is 9.47 Å². The molecule has 2 aliphatic rings. The summed E-state index contributed by atoms with van der Waals surface area (Å²) in [6, 6.07) is 9.82. The average molecular weight is 335 g/mol. The van der Waals surface area contributed by atoms with Crippen LogP contribution in [0, 0.1) is 0 Å². The molecule has 0 saturated carbocycles. The molecular formula is C19H29NO4. The van der Waals surface area contributed by atoms with Gasteiger partial charge in [0.15, 0.2) is 0 Å². The summed E-state index contributed by atoms with van der Waals surface area (Å²) in [4.78, 5) is 2.31. The molecule has 0 radical (unpaired) electrons. The van der Waals surface area contributed by atoms with E-state index in [0.717, 1.165) is 18.8 Å². The zero-order chi connectivity index (χ0) is 17.0. The lowest BCUT2D eigenvalue weighted by Crippen LogP contribution is -2.58. The van der Waals surface area contributed by atoms with E-state index in [1.807, 2.05) is 30.3 Å². The van der Waals surface area contributed by atoms with Gasteiger partial charge in [-0.2, -0.15) is 0 Å². The van der Waals surface area contributed by atoms with Crippen molar-refractivity contribution in [3.05, 3.63) is 30.3 Å². The molecule has 0 aromatic heterocycles. The molecular weight excluding hydrogens is 306 g/mol. The highest BCUT2D eigenvalue weighted by Gasteiger charge is 2.38. The number of aliphatic hydroxyl groups is 1. The number of morpholine rings is 1. The second kappa shape index (κ2) is 7.40. The Labute approximate surface area is 144 Å². The van der Waals surface area contributed by atoms with E-state index in [9.17, 15) is 5.11 Å². The van der Waals surface area contributed by atoms with Crippen LogP contribution in [0.5, 0.6) is 5.75 Å². The quantitative estimate of drug-likeness (QED) is 0.893. The molecule has 2 saturated heterocycles. The Bertz CT molecular complexity index is 513. The van der Waals surface area contributed by atoms with Crippen LogP contribution in [0.25, 0.3) is 0 Å². The van der Waals surface area contributed by atoms with Gasteiger partial charge >= 0.3 is 0 Å². The molecule has 1 aromatic carbocycles. The van der Waals surface area contributed by atoms with Gasteiger partial charge in [-0.25, -0.2) is 0 Å². The van der Waals surface area contributed by atoms with E-state index in [1.54, 1.807) is 0 Å². The molecule has 5 heteroatoms. The third kappa shape index (κ3) is 4.93. The molecule has 5 nitrogen and oxygen atoms in total. The first-order chi connectivity index (χ1) is 11.4. The Morgan fingerprint density at radius 3 is 2.62 bits per heavy atom. The van der Waals surface area contributed by atoms with E-state index < -0.39 is 5.60 Å². The van der Waals surface area contributed by atoms with Gasteiger partial charge in [0.25, 0.3) is 0 Å². The maximum absolute atomic E-state index is 10.8. The van der Waals surface area contributed by atoms with Crippen LogP contribution in [0.15, 0.2) is 30.3 Å². The molecule has 0 unspecified atom stereocenters. The Kier molecular flexibility index (Phi) is 5.45. The van der Waals surface area contributed by atoms with Crippen molar-refractivity contribution in [2.75, 3.05) is 39.5 Å². The molecule has 0 bridgehead atoms. The van der Waals surface area contributed by atoms with Gasteiger partial charge in [-0.15, -0.1) is 0 Å². The zero-order valence-corrected chi connectivity index (χ0v) is 14.7. The van der Waals surface area contributed by atoms with E-state index in [-0.39, 0.29) is 11.7 Å². The van der Waals surface area contributed by atoms with Crippen LogP contribution >= 0.6 is 0 Å². The van der Waals surface area contributed by atoms with Gasteiger partial charge in [0.1, 0.15) is 18.5 Å². The number of β-amino-alcohol motifs (C(OH)–C–C–N with tert-alkyl or cyclic N) is 1. The predicted molar refractivity (Wildman–Crippen MR) is 92.3 cm³/mol. The lowest BCUT2D eigenvalue weighted by atomic mass is 9.92. The maximum Gasteiger partial charge on any atom is 0.119 e. The average Bonchev–Trinajstić information content (AvgIpc) is 2.53. The third-order valence-electron chi connectivity index (χ3n) is 4.67. The molecule has 134 valence electrons. The highest BCUT2D eigenvalue weighted by Crippen LogP contribution is 2.27. The van der Waals surface area contributed by atoms with Crippen LogP contribution in [0.4, 0.5) is 0 Å². The number of hydrogen-bond acceptors (Lipinski definition) is 5. The molecule has 1 N–H and O–H groups in total. The molecule has 0 aliphatic carbocycles. The minimum Gasteiger partial charge on any atom is -0.491 e. The Hall–Kier alpha value is -1.14. The number of benzene rings is 1. The second-order valence-electron chi connectivity index (χ2n) is 7.63. The van der Waals surface area contributed by atoms with Crippen LogP contribution in [0.3, 0.4) is 0 Å². The molecule has 3 rings (SSSR count). The van der Waals surface area contributed by atoms with Crippen LogP contribution < -0.4 is 4.74 Å². The van der Waals surface area contributed by atoms with Crippen molar-refractivity contribution in [1.29, 1.82) is 0 Å². The molecule has 2 aliphatic heterocycles. The fourth-order valence-corrected chi connectivity index (χ4v) is 3.66. The molecule has 1 aromatic rings. The molecule has 1 atom stereocenters. The standard InChI is InChI=1S/C19H29NO4/c1-18(2)14-20(15-19(21)8-10-22-11-9-19)12-17(24-18)13-23-16-6-4-3-5-7-16/h3-7,17,21H,8-15H2,1-2H3/t17-/m1/s1. The number of ether oxygens (including phenoxy) is 3. The van der Waals surface area contributed by atoms with Crippen LogP contribution in [0.1, 0.15) is 26.7 Å². The first-order valence-electron chi connectivity index (χ1n) is 8.82. The van der Waals surface area contributed by atoms with E-state index in [2.05, 4.69) is 18.7 Å². The van der Waals surface area contributed by atoms with Crippen LogP contribution in [-0.4, -0.2) is 66.8 Å². The van der Waals surface area contributed by atoms with E-state index in [4.69, 9.17) is 14.2 Å². The minimum atomic E-state index is -0.642. The Morgan fingerprint density at radius 1 is 1.21 bits per heavy atom. The van der Waals surface area contributed by atoms with Crippen molar-refractivity contribution in [1.82, 2.24) is 4.90 Å². The van der Waals surface area contributed by atoms with Crippen molar-refractivity contribution in [2.24, 2.45) is 0 Å². The second-order valence-corrected chi connectivity index (χ2v) is 7.63. The summed E-state index contributed by atoms with van der Waals surface area (Å²) >= 11 is 0. The minimum absolute atomic E-state index is 0.00241. The summed E-state index contributed by atoms with van der Waals surface area (Å²) in [5.74, 6) is 0.860. The summed E-state index contributed by atoms with van der Waals surface area (Å²) < 4.78 is 17.4. The van der Waals surface area contributed by atoms with Gasteiger partial charge in [-0.05, 0) is 26.0 Å². The molecule has 2 fully saturated rings. The third-order valence-corrected chi connectivity index (χ3v) is 4.67. The highest BCUT2D eigenvalue weighted by atomic mass is 16.5. The highest BCUT2D eigenvalue weighted by molar-refractivity contribution is 5.20. The van der Waals surface area contributed by atoms with E-state index in [1.165, 1.54) is 0 Å². The van der Waals surface area contributed by atoms with Gasteiger partial charge in [0.05, 0.1) is 11.2 Å². The number of para-hydroxylation sites is 1. The Balaban J connectivity index is 1.57. The van der Waals surface area contributed by atoms with Crippen molar-refractivity contribution >= 4 is 0 Å². The van der Waals surface area contributed by atoms with Crippen LogP contribution in [0.2, 0.25) is 0 Å². The lowest BCUT2D eigenvalue weighted by Gasteiger charge is -2.46. The largest absolute Gasteiger partial charge is 0.491 e. The summed E-state index contributed by atoms with van der Waals surface area (Å²) in [5.41, 5.74) is -0.888. The van der Waals surface area contributed by atoms with Crippen molar-refractivity contribution < 1.29 is 19.3 Å². The first-order valence-corrected chi connectivity index (χ1v) is 8.82. The van der Waals surface area contributed by atoms with Gasteiger partial charge in [-0.3, -0.25) is 4.90 Å². The van der Waals surface area contributed by atoms with E-state index in [0.29, 0.717) is 39.2 Å². The lowest BCUT2D eigenvalue weighted by molar-refractivity contribution is -0.163. The number of nitrogens with zero attached hydrogens (tertiary/aromatic N) is 1. The normalized spacial score (nSPS) is 26.9. The SMILES string of the molecule is CC1(C)CN(CC2(O)CCOCC2)C[C@H](COc2ccccc2)O1. The fourth-order valence-electron chi connectivity index (χ4n) is 3.66. The zero-order valence-electron chi connectivity index (χ0n) is 14.7. The number of hydrogen-bond donors (Lipinski definition) is 1. The predicted octanol–water partition coefficient (Wildman–Crippen LogP) is 2.09. The smallest absolute Gasteiger partial charge is 0.119 e. The summed E-state index contributed by atoms with van der Waals surface area (Å²) in [5, 5.41) is 10.8. The fraction of sp³-hybridized carbons (Fsp3) is 0.684. The van der Waals surface area contributed by atoms with Crippen molar-refractivity contribution in [3.8, 4) is 5.75 Å². The van der Waals surface area contributed by atoms with E-state index >= 15 is 0 Å². The topological polar surface area (TPSA) is 51.2 Å². The maximum atomic E-state index is 10.8. The molecule has 0 spiro atoms. The monoisotopic (exact) mass is 335 g/mol. The van der Waals surface area contributed by atoms with Gasteiger partial charge in [0.2, 0.25) is 0 Å². The Morgan fingerprint density at radius 2 is 1.92 bits per heavy atom. The first kappa shape index (κ1) is 17.7. The van der Waals surface area contributed by atoms with Crippen molar-refractivity contribution in [3.63, 3.8) is 0 Å². The number of rotatable bonds is 5. The summed E-state index contributed by atoms with van der Waals surface area (Å²) in [6.07, 6.45) is 1.41. The molecule has 2 heterocycles.